The summed E-state index contributed by atoms with van der Waals surface area (Å²) < 4.78 is 0. The minimum atomic E-state index is 0.224. The van der Waals surface area contributed by atoms with Gasteiger partial charge in [-0.25, -0.2) is 0 Å². The Labute approximate surface area is 98.4 Å². The van der Waals surface area contributed by atoms with Gasteiger partial charge in [0.15, 0.2) is 0 Å². The molecule has 0 bridgehead atoms. The molecular weight excluding hydrogens is 200 g/mol. The van der Waals surface area contributed by atoms with E-state index in [1.165, 1.54) is 32.1 Å². The first kappa shape index (κ1) is 11.9. The van der Waals surface area contributed by atoms with Gasteiger partial charge in [-0.15, -0.1) is 0 Å². The zero-order chi connectivity index (χ0) is 11.4. The van der Waals surface area contributed by atoms with Crippen LogP contribution in [0.15, 0.2) is 0 Å². The van der Waals surface area contributed by atoms with Gasteiger partial charge in [0.2, 0.25) is 5.91 Å². The van der Waals surface area contributed by atoms with Crippen molar-refractivity contribution < 1.29 is 4.79 Å². The van der Waals surface area contributed by atoms with Crippen molar-refractivity contribution in [2.45, 2.75) is 64.0 Å². The lowest BCUT2D eigenvalue weighted by atomic mass is 9.84. The molecule has 1 unspecified atom stereocenters. The second-order valence-corrected chi connectivity index (χ2v) is 5.34. The van der Waals surface area contributed by atoms with Gasteiger partial charge in [0, 0.05) is 25.0 Å². The maximum Gasteiger partial charge on any atom is 0.220 e. The summed E-state index contributed by atoms with van der Waals surface area (Å²) in [7, 11) is 0. The van der Waals surface area contributed by atoms with Gasteiger partial charge >= 0.3 is 0 Å². The Bertz CT molecular complexity index is 234. The zero-order valence-corrected chi connectivity index (χ0v) is 10.3. The number of hydrogen-bond acceptors (Lipinski definition) is 2. The second kappa shape index (κ2) is 5.67. The molecule has 3 heteroatoms. The molecule has 2 fully saturated rings. The van der Waals surface area contributed by atoms with Crippen LogP contribution >= 0.6 is 0 Å². The third-order valence-electron chi connectivity index (χ3n) is 4.16. The molecule has 1 amide bonds. The highest BCUT2D eigenvalue weighted by Crippen LogP contribution is 2.26. The lowest BCUT2D eigenvalue weighted by Crippen LogP contribution is -2.41. The molecule has 0 aromatic rings. The highest BCUT2D eigenvalue weighted by Gasteiger charge is 2.23. The van der Waals surface area contributed by atoms with Crippen molar-refractivity contribution in [3.8, 4) is 0 Å². The maximum atomic E-state index is 11.0. The molecule has 1 aliphatic carbocycles. The van der Waals surface area contributed by atoms with E-state index in [2.05, 4.69) is 17.6 Å². The Hall–Kier alpha value is -0.570. The average Bonchev–Trinajstić information content (AvgIpc) is 2.73. The summed E-state index contributed by atoms with van der Waals surface area (Å²) >= 11 is 0. The van der Waals surface area contributed by atoms with Gasteiger partial charge in [0.25, 0.3) is 0 Å². The Balaban J connectivity index is 1.62. The summed E-state index contributed by atoms with van der Waals surface area (Å²) in [5.41, 5.74) is 0. The maximum absolute atomic E-state index is 11.0. The summed E-state index contributed by atoms with van der Waals surface area (Å²) in [6.45, 7) is 3.26. The van der Waals surface area contributed by atoms with Crippen molar-refractivity contribution in [2.75, 3.05) is 6.54 Å². The van der Waals surface area contributed by atoms with E-state index in [-0.39, 0.29) is 5.91 Å². The van der Waals surface area contributed by atoms with Gasteiger partial charge in [0.1, 0.15) is 0 Å². The number of carbonyl (C=O) groups excluding carboxylic acids is 1. The van der Waals surface area contributed by atoms with E-state index >= 15 is 0 Å². The van der Waals surface area contributed by atoms with Gasteiger partial charge in [0.05, 0.1) is 0 Å². The molecule has 3 nitrogen and oxygen atoms in total. The monoisotopic (exact) mass is 224 g/mol. The molecule has 2 aliphatic rings. The molecule has 0 aromatic carbocycles. The molecule has 0 radical (unpaired) electrons. The fourth-order valence-electron chi connectivity index (χ4n) is 2.91. The summed E-state index contributed by atoms with van der Waals surface area (Å²) in [5, 5.41) is 6.63. The van der Waals surface area contributed by atoms with E-state index in [4.69, 9.17) is 0 Å². The Morgan fingerprint density at radius 2 is 2.00 bits per heavy atom. The van der Waals surface area contributed by atoms with Crippen LogP contribution in [0.4, 0.5) is 0 Å². The second-order valence-electron chi connectivity index (χ2n) is 5.34. The van der Waals surface area contributed by atoms with Crippen LogP contribution in [0.2, 0.25) is 0 Å². The van der Waals surface area contributed by atoms with E-state index in [0.717, 1.165) is 25.3 Å². The SMILES string of the molecule is CCC1CCC(NCC2CCC(=O)N2)CC1. The number of hydrogen-bond donors (Lipinski definition) is 2. The standard InChI is InChI=1S/C13H24N2O/c1-2-10-3-5-11(6-4-10)14-9-12-7-8-13(16)15-12/h10-12,14H,2-9H2,1H3,(H,15,16). The van der Waals surface area contributed by atoms with Crippen LogP contribution < -0.4 is 10.6 Å². The molecule has 1 saturated heterocycles. The van der Waals surface area contributed by atoms with Crippen LogP contribution in [-0.2, 0) is 4.79 Å². The lowest BCUT2D eigenvalue weighted by Gasteiger charge is -2.29. The molecular formula is C13H24N2O. The Morgan fingerprint density at radius 1 is 1.25 bits per heavy atom. The molecule has 16 heavy (non-hydrogen) atoms. The molecule has 2 rings (SSSR count). The smallest absolute Gasteiger partial charge is 0.220 e. The number of carbonyl (C=O) groups is 1. The van der Waals surface area contributed by atoms with Gasteiger partial charge in [-0.05, 0) is 38.0 Å². The molecule has 1 atom stereocenters. The number of rotatable bonds is 4. The minimum absolute atomic E-state index is 0.224. The largest absolute Gasteiger partial charge is 0.352 e. The van der Waals surface area contributed by atoms with E-state index in [9.17, 15) is 4.79 Å². The van der Waals surface area contributed by atoms with E-state index in [1.54, 1.807) is 0 Å². The van der Waals surface area contributed by atoms with Crippen LogP contribution in [0.5, 0.6) is 0 Å². The van der Waals surface area contributed by atoms with Crippen molar-refractivity contribution in [1.29, 1.82) is 0 Å². The average molecular weight is 224 g/mol. The zero-order valence-electron chi connectivity index (χ0n) is 10.3. The fraction of sp³-hybridized carbons (Fsp3) is 0.923. The molecule has 1 aliphatic heterocycles. The third-order valence-corrected chi connectivity index (χ3v) is 4.16. The lowest BCUT2D eigenvalue weighted by molar-refractivity contribution is -0.119. The van der Waals surface area contributed by atoms with Crippen LogP contribution in [0.1, 0.15) is 51.9 Å². The number of nitrogens with one attached hydrogen (secondary N) is 2. The van der Waals surface area contributed by atoms with Crippen LogP contribution in [0.25, 0.3) is 0 Å². The predicted molar refractivity (Wildman–Crippen MR) is 65.2 cm³/mol. The van der Waals surface area contributed by atoms with Crippen LogP contribution in [-0.4, -0.2) is 24.5 Å². The van der Waals surface area contributed by atoms with Crippen molar-refractivity contribution >= 4 is 5.91 Å². The fourth-order valence-corrected chi connectivity index (χ4v) is 2.91. The third kappa shape index (κ3) is 3.21. The molecule has 92 valence electrons. The van der Waals surface area contributed by atoms with E-state index < -0.39 is 0 Å². The first-order valence-corrected chi connectivity index (χ1v) is 6.80. The highest BCUT2D eigenvalue weighted by atomic mass is 16.1. The summed E-state index contributed by atoms with van der Waals surface area (Å²) in [6, 6.07) is 1.08. The topological polar surface area (TPSA) is 41.1 Å². The Morgan fingerprint density at radius 3 is 2.56 bits per heavy atom. The molecule has 0 aromatic heterocycles. The quantitative estimate of drug-likeness (QED) is 0.765. The minimum Gasteiger partial charge on any atom is -0.352 e. The summed E-state index contributed by atoms with van der Waals surface area (Å²) in [4.78, 5) is 11.0. The summed E-state index contributed by atoms with van der Waals surface area (Å²) in [6.07, 6.45) is 8.46. The van der Waals surface area contributed by atoms with E-state index in [1.807, 2.05) is 0 Å². The van der Waals surface area contributed by atoms with Crippen molar-refractivity contribution in [3.05, 3.63) is 0 Å². The first-order chi connectivity index (χ1) is 7.78. The molecule has 1 heterocycles. The highest BCUT2D eigenvalue weighted by molar-refractivity contribution is 5.78. The predicted octanol–water partition coefficient (Wildman–Crippen LogP) is 1.82. The molecule has 0 spiro atoms. The number of amides is 1. The van der Waals surface area contributed by atoms with Crippen molar-refractivity contribution in [2.24, 2.45) is 5.92 Å². The molecule has 1 saturated carbocycles. The van der Waals surface area contributed by atoms with Gasteiger partial charge < -0.3 is 10.6 Å². The van der Waals surface area contributed by atoms with Crippen molar-refractivity contribution in [3.63, 3.8) is 0 Å². The molecule has 2 N–H and O–H groups in total. The first-order valence-electron chi connectivity index (χ1n) is 6.80. The van der Waals surface area contributed by atoms with Gasteiger partial charge in [-0.3, -0.25) is 4.79 Å². The van der Waals surface area contributed by atoms with Gasteiger partial charge in [-0.1, -0.05) is 13.3 Å². The van der Waals surface area contributed by atoms with Crippen molar-refractivity contribution in [1.82, 2.24) is 10.6 Å². The van der Waals surface area contributed by atoms with Crippen LogP contribution in [0.3, 0.4) is 0 Å². The van der Waals surface area contributed by atoms with Crippen LogP contribution in [0, 0.1) is 5.92 Å². The van der Waals surface area contributed by atoms with Gasteiger partial charge in [-0.2, -0.15) is 0 Å². The normalized spacial score (nSPS) is 35.1. The van der Waals surface area contributed by atoms with E-state index in [0.29, 0.717) is 12.1 Å². The summed E-state index contributed by atoms with van der Waals surface area (Å²) in [5.74, 6) is 1.19. The Kier molecular flexibility index (Phi) is 4.22.